The predicted molar refractivity (Wildman–Crippen MR) is 109 cm³/mol. The first kappa shape index (κ1) is 19.5. The summed E-state index contributed by atoms with van der Waals surface area (Å²) < 4.78 is 12.5. The van der Waals surface area contributed by atoms with Gasteiger partial charge in [-0.1, -0.05) is 18.2 Å². The number of para-hydroxylation sites is 1. The van der Waals surface area contributed by atoms with Gasteiger partial charge in [0, 0.05) is 24.7 Å². The van der Waals surface area contributed by atoms with Gasteiger partial charge >= 0.3 is 0 Å². The Morgan fingerprint density at radius 1 is 1.00 bits per heavy atom. The fraction of sp³-hybridized carbons (Fsp3) is 0.273. The van der Waals surface area contributed by atoms with Crippen LogP contribution in [0.2, 0.25) is 0 Å². The molecule has 0 unspecified atom stereocenters. The van der Waals surface area contributed by atoms with E-state index in [9.17, 15) is 4.79 Å². The Morgan fingerprint density at radius 3 is 2.32 bits per heavy atom. The van der Waals surface area contributed by atoms with Gasteiger partial charge in [-0.15, -0.1) is 0 Å². The van der Waals surface area contributed by atoms with E-state index in [1.807, 2.05) is 68.4 Å². The van der Waals surface area contributed by atoms with Crippen LogP contribution < -0.4 is 9.47 Å². The van der Waals surface area contributed by atoms with Gasteiger partial charge in [0.15, 0.2) is 0 Å². The van der Waals surface area contributed by atoms with Crippen molar-refractivity contribution in [1.29, 1.82) is 0 Å². The van der Waals surface area contributed by atoms with Crippen LogP contribution >= 0.6 is 0 Å². The number of hydrogen-bond donors (Lipinski definition) is 0. The molecule has 2 aromatic carbocycles. The number of benzene rings is 2. The van der Waals surface area contributed by atoms with Crippen molar-refractivity contribution in [3.8, 4) is 28.4 Å². The van der Waals surface area contributed by atoms with Crippen LogP contribution in [0.3, 0.4) is 0 Å². The molecule has 1 amide bonds. The van der Waals surface area contributed by atoms with Crippen molar-refractivity contribution in [2.24, 2.45) is 0 Å². The topological polar surface area (TPSA) is 56.6 Å². The van der Waals surface area contributed by atoms with Gasteiger partial charge in [-0.2, -0.15) is 5.10 Å². The molecule has 0 atom stereocenters. The van der Waals surface area contributed by atoms with Crippen LogP contribution in [0.15, 0.2) is 54.6 Å². The molecule has 146 valence electrons. The minimum absolute atomic E-state index is 0.0555. The van der Waals surface area contributed by atoms with Gasteiger partial charge in [0.25, 0.3) is 5.91 Å². The third-order valence-electron chi connectivity index (χ3n) is 4.66. The van der Waals surface area contributed by atoms with Gasteiger partial charge in [-0.3, -0.25) is 4.79 Å². The number of carbonyl (C=O) groups is 1. The van der Waals surface area contributed by atoms with E-state index < -0.39 is 0 Å². The Morgan fingerprint density at radius 2 is 1.71 bits per heavy atom. The van der Waals surface area contributed by atoms with Gasteiger partial charge in [-0.05, 0) is 44.2 Å². The maximum Gasteiger partial charge on any atom is 0.272 e. The molecule has 1 heterocycles. The number of ether oxygens (including phenoxy) is 2. The number of hydrogen-bond acceptors (Lipinski definition) is 4. The van der Waals surface area contributed by atoms with E-state index in [1.165, 1.54) is 0 Å². The Balaban J connectivity index is 2.16. The molecule has 0 saturated heterocycles. The Hall–Kier alpha value is -3.28. The minimum Gasteiger partial charge on any atom is -0.497 e. The van der Waals surface area contributed by atoms with E-state index in [-0.39, 0.29) is 5.91 Å². The first-order valence-electron chi connectivity index (χ1n) is 9.30. The highest BCUT2D eigenvalue weighted by atomic mass is 16.5. The zero-order chi connectivity index (χ0) is 20.1. The lowest BCUT2D eigenvalue weighted by Gasteiger charge is -2.19. The molecule has 3 aromatic rings. The van der Waals surface area contributed by atoms with Crippen LogP contribution in [0.25, 0.3) is 16.9 Å². The van der Waals surface area contributed by atoms with E-state index >= 15 is 0 Å². The Kier molecular flexibility index (Phi) is 5.99. The summed E-state index contributed by atoms with van der Waals surface area (Å²) in [4.78, 5) is 14.9. The summed E-state index contributed by atoms with van der Waals surface area (Å²) in [6.07, 6.45) is 0. The molecule has 0 bridgehead atoms. The highest BCUT2D eigenvalue weighted by Crippen LogP contribution is 2.33. The zero-order valence-corrected chi connectivity index (χ0v) is 16.7. The molecule has 28 heavy (non-hydrogen) atoms. The lowest BCUT2D eigenvalue weighted by molar-refractivity contribution is 0.0764. The third kappa shape index (κ3) is 3.71. The molecule has 0 aliphatic rings. The number of methoxy groups -OCH3 is 2. The molecule has 0 aliphatic carbocycles. The van der Waals surface area contributed by atoms with Crippen molar-refractivity contribution in [2.75, 3.05) is 27.3 Å². The monoisotopic (exact) mass is 379 g/mol. The number of aromatic nitrogens is 2. The van der Waals surface area contributed by atoms with Crippen molar-refractivity contribution >= 4 is 5.91 Å². The molecule has 0 saturated carbocycles. The standard InChI is InChI=1S/C22H25N3O3/c1-5-24(6-2)22(26)20-15-19(23-25(20)16-10-8-7-9-11-16)18-13-12-17(27-3)14-21(18)28-4/h7-15H,5-6H2,1-4H3. The van der Waals surface area contributed by atoms with Crippen molar-refractivity contribution < 1.29 is 14.3 Å². The zero-order valence-electron chi connectivity index (χ0n) is 16.7. The van der Waals surface area contributed by atoms with Crippen LogP contribution in [-0.2, 0) is 0 Å². The second kappa shape index (κ2) is 8.61. The van der Waals surface area contributed by atoms with Crippen LogP contribution in [0.5, 0.6) is 11.5 Å². The first-order chi connectivity index (χ1) is 13.6. The van der Waals surface area contributed by atoms with E-state index in [1.54, 1.807) is 23.8 Å². The van der Waals surface area contributed by atoms with E-state index in [0.29, 0.717) is 36.0 Å². The summed E-state index contributed by atoms with van der Waals surface area (Å²) in [6, 6.07) is 17.0. The van der Waals surface area contributed by atoms with E-state index in [2.05, 4.69) is 0 Å². The number of carbonyl (C=O) groups excluding carboxylic acids is 1. The van der Waals surface area contributed by atoms with Crippen LogP contribution in [0, 0.1) is 0 Å². The number of amides is 1. The van der Waals surface area contributed by atoms with Gasteiger partial charge in [0.1, 0.15) is 17.2 Å². The highest BCUT2D eigenvalue weighted by Gasteiger charge is 2.22. The van der Waals surface area contributed by atoms with E-state index in [4.69, 9.17) is 14.6 Å². The normalized spacial score (nSPS) is 10.6. The molecule has 0 N–H and O–H groups in total. The summed E-state index contributed by atoms with van der Waals surface area (Å²) in [5, 5.41) is 4.74. The molecule has 3 rings (SSSR count). The van der Waals surface area contributed by atoms with Crippen molar-refractivity contribution in [3.05, 3.63) is 60.3 Å². The molecule has 0 spiro atoms. The third-order valence-corrected chi connectivity index (χ3v) is 4.66. The fourth-order valence-electron chi connectivity index (χ4n) is 3.11. The molecular weight excluding hydrogens is 354 g/mol. The average molecular weight is 379 g/mol. The van der Waals surface area contributed by atoms with Gasteiger partial charge < -0.3 is 14.4 Å². The van der Waals surface area contributed by atoms with E-state index in [0.717, 1.165) is 11.3 Å². The molecule has 6 nitrogen and oxygen atoms in total. The summed E-state index contributed by atoms with van der Waals surface area (Å²) in [5.74, 6) is 1.28. The van der Waals surface area contributed by atoms with Gasteiger partial charge in [0.2, 0.25) is 0 Å². The first-order valence-corrected chi connectivity index (χ1v) is 9.30. The molecule has 0 radical (unpaired) electrons. The molecule has 1 aromatic heterocycles. The van der Waals surface area contributed by atoms with Crippen molar-refractivity contribution in [2.45, 2.75) is 13.8 Å². The Bertz CT molecular complexity index is 947. The molecule has 0 aliphatic heterocycles. The predicted octanol–water partition coefficient (Wildman–Crippen LogP) is 4.04. The summed E-state index contributed by atoms with van der Waals surface area (Å²) in [6.45, 7) is 5.21. The SMILES string of the molecule is CCN(CC)C(=O)c1cc(-c2ccc(OC)cc2OC)nn1-c1ccccc1. The fourth-order valence-corrected chi connectivity index (χ4v) is 3.11. The largest absolute Gasteiger partial charge is 0.497 e. The maximum absolute atomic E-state index is 13.1. The quantitative estimate of drug-likeness (QED) is 0.622. The minimum atomic E-state index is -0.0555. The van der Waals surface area contributed by atoms with Crippen molar-refractivity contribution in [1.82, 2.24) is 14.7 Å². The lowest BCUT2D eigenvalue weighted by Crippen LogP contribution is -2.32. The Labute approximate surface area is 165 Å². The average Bonchev–Trinajstić information content (AvgIpc) is 3.19. The molecule has 6 heteroatoms. The highest BCUT2D eigenvalue weighted by molar-refractivity contribution is 5.94. The lowest BCUT2D eigenvalue weighted by atomic mass is 10.1. The van der Waals surface area contributed by atoms with Gasteiger partial charge in [-0.25, -0.2) is 4.68 Å². The van der Waals surface area contributed by atoms with Gasteiger partial charge in [0.05, 0.1) is 25.6 Å². The second-order valence-corrected chi connectivity index (χ2v) is 6.21. The number of nitrogens with zero attached hydrogens (tertiary/aromatic N) is 3. The number of rotatable bonds is 7. The summed E-state index contributed by atoms with van der Waals surface area (Å²) in [5.41, 5.74) is 2.81. The molecule has 0 fully saturated rings. The molecular formula is C22H25N3O3. The van der Waals surface area contributed by atoms with Crippen LogP contribution in [0.4, 0.5) is 0 Å². The van der Waals surface area contributed by atoms with Crippen LogP contribution in [0.1, 0.15) is 24.3 Å². The maximum atomic E-state index is 13.1. The second-order valence-electron chi connectivity index (χ2n) is 6.21. The summed E-state index contributed by atoms with van der Waals surface area (Å²) >= 11 is 0. The van der Waals surface area contributed by atoms with Crippen LogP contribution in [-0.4, -0.2) is 47.9 Å². The smallest absolute Gasteiger partial charge is 0.272 e. The summed E-state index contributed by atoms with van der Waals surface area (Å²) in [7, 11) is 3.22. The van der Waals surface area contributed by atoms with Crippen molar-refractivity contribution in [3.63, 3.8) is 0 Å².